The molecule has 0 aliphatic carbocycles. The molecule has 1 saturated heterocycles. The van der Waals surface area contributed by atoms with Crippen LogP contribution >= 0.6 is 0 Å². The summed E-state index contributed by atoms with van der Waals surface area (Å²) in [6.07, 6.45) is 1.92. The van der Waals surface area contributed by atoms with Crippen LogP contribution in [0.1, 0.15) is 25.6 Å². The molecular weight excluding hydrogens is 450 g/mol. The van der Waals surface area contributed by atoms with Gasteiger partial charge in [0.25, 0.3) is 0 Å². The minimum absolute atomic E-state index is 0.0174. The Morgan fingerprint density at radius 1 is 1.18 bits per heavy atom. The lowest BCUT2D eigenvalue weighted by Gasteiger charge is -2.18. The van der Waals surface area contributed by atoms with Crippen molar-refractivity contribution in [1.29, 1.82) is 0 Å². The highest BCUT2D eigenvalue weighted by molar-refractivity contribution is 7.89. The van der Waals surface area contributed by atoms with Crippen molar-refractivity contribution >= 4 is 32.7 Å². The van der Waals surface area contributed by atoms with Crippen LogP contribution in [-0.2, 0) is 27.8 Å². The van der Waals surface area contributed by atoms with Crippen molar-refractivity contribution in [3.8, 4) is 0 Å². The monoisotopic (exact) mass is 483 g/mol. The Morgan fingerprint density at radius 3 is 2.65 bits per heavy atom. The van der Waals surface area contributed by atoms with Crippen LogP contribution in [0.4, 0.5) is 5.69 Å². The molecule has 1 amide bonds. The first-order valence-corrected chi connectivity index (χ1v) is 13.2. The summed E-state index contributed by atoms with van der Waals surface area (Å²) in [6.45, 7) is 5.36. The number of carbonyl (C=O) groups excluding carboxylic acids is 1. The van der Waals surface area contributed by atoms with E-state index in [0.29, 0.717) is 37.4 Å². The largest absolute Gasteiger partial charge is 0.371 e. The van der Waals surface area contributed by atoms with Crippen LogP contribution < -0.4 is 10.2 Å². The number of aromatic nitrogens is 2. The van der Waals surface area contributed by atoms with Gasteiger partial charge in [0.1, 0.15) is 5.82 Å². The zero-order valence-corrected chi connectivity index (χ0v) is 20.9. The topological polar surface area (TPSA) is 87.5 Å². The minimum Gasteiger partial charge on any atom is -0.371 e. The van der Waals surface area contributed by atoms with Gasteiger partial charge in [0, 0.05) is 58.8 Å². The van der Waals surface area contributed by atoms with Gasteiger partial charge in [-0.05, 0) is 49.6 Å². The van der Waals surface area contributed by atoms with Crippen molar-refractivity contribution in [1.82, 2.24) is 19.2 Å². The van der Waals surface area contributed by atoms with E-state index >= 15 is 0 Å². The summed E-state index contributed by atoms with van der Waals surface area (Å²) >= 11 is 0. The number of hydrogen-bond acceptors (Lipinski definition) is 5. The van der Waals surface area contributed by atoms with Crippen molar-refractivity contribution in [2.75, 3.05) is 38.6 Å². The molecule has 0 spiro atoms. The first kappa shape index (κ1) is 24.2. The summed E-state index contributed by atoms with van der Waals surface area (Å²) in [5.41, 5.74) is 2.74. The molecule has 8 nitrogen and oxygen atoms in total. The standard InChI is InChI=1S/C25H33N5O3S/c1-4-30-23-11-10-21(34(32,33)28(2)3)16-22(23)27-24(30)12-13-25(31)26-17-19-14-15-29(18-19)20-8-6-5-7-9-20/h5-11,16,19H,4,12-15,17-18H2,1-3H3,(H,26,31). The van der Waals surface area contributed by atoms with Crippen LogP contribution in [0.2, 0.25) is 0 Å². The molecule has 2 aromatic carbocycles. The Labute approximate surface area is 201 Å². The quantitative estimate of drug-likeness (QED) is 0.506. The van der Waals surface area contributed by atoms with E-state index in [1.807, 2.05) is 17.6 Å². The van der Waals surface area contributed by atoms with Gasteiger partial charge in [-0.1, -0.05) is 18.2 Å². The summed E-state index contributed by atoms with van der Waals surface area (Å²) in [5, 5.41) is 3.09. The van der Waals surface area contributed by atoms with Gasteiger partial charge in [0.2, 0.25) is 15.9 Å². The van der Waals surface area contributed by atoms with Gasteiger partial charge in [0.15, 0.2) is 0 Å². The molecule has 0 saturated carbocycles. The SMILES string of the molecule is CCn1c(CCC(=O)NCC2CCN(c3ccccc3)C2)nc2cc(S(=O)(=O)N(C)C)ccc21. The lowest BCUT2D eigenvalue weighted by Crippen LogP contribution is -2.31. The van der Waals surface area contributed by atoms with Gasteiger partial charge < -0.3 is 14.8 Å². The van der Waals surface area contributed by atoms with Gasteiger partial charge in [0.05, 0.1) is 15.9 Å². The molecule has 34 heavy (non-hydrogen) atoms. The molecule has 1 aliphatic rings. The summed E-state index contributed by atoms with van der Waals surface area (Å²) in [4.78, 5) is 19.8. The van der Waals surface area contributed by atoms with Crippen molar-refractivity contribution in [3.05, 3.63) is 54.4 Å². The molecule has 0 radical (unpaired) electrons. The number of nitrogens with one attached hydrogen (secondary N) is 1. The molecule has 182 valence electrons. The van der Waals surface area contributed by atoms with E-state index in [-0.39, 0.29) is 10.8 Å². The second-order valence-electron chi connectivity index (χ2n) is 8.95. The minimum atomic E-state index is -3.53. The van der Waals surface area contributed by atoms with Crippen LogP contribution in [0, 0.1) is 5.92 Å². The first-order valence-electron chi connectivity index (χ1n) is 11.8. The average molecular weight is 484 g/mol. The number of nitrogens with zero attached hydrogens (tertiary/aromatic N) is 4. The summed E-state index contributed by atoms with van der Waals surface area (Å²) in [7, 11) is -0.499. The third-order valence-electron chi connectivity index (χ3n) is 6.46. The number of carbonyl (C=O) groups is 1. The number of para-hydroxylation sites is 1. The van der Waals surface area contributed by atoms with Crippen LogP contribution in [0.5, 0.6) is 0 Å². The van der Waals surface area contributed by atoms with Crippen molar-refractivity contribution < 1.29 is 13.2 Å². The number of fused-ring (bicyclic) bond motifs is 1. The van der Waals surface area contributed by atoms with Gasteiger partial charge in [-0.2, -0.15) is 0 Å². The highest BCUT2D eigenvalue weighted by Gasteiger charge is 2.23. The zero-order chi connectivity index (χ0) is 24.3. The normalized spacial score (nSPS) is 16.5. The molecule has 1 aromatic heterocycles. The molecule has 3 aromatic rings. The summed E-state index contributed by atoms with van der Waals surface area (Å²) < 4.78 is 28.2. The van der Waals surface area contributed by atoms with E-state index in [1.165, 1.54) is 24.1 Å². The molecule has 1 unspecified atom stereocenters. The van der Waals surface area contributed by atoms with E-state index in [9.17, 15) is 13.2 Å². The average Bonchev–Trinajstić information content (AvgIpc) is 3.45. The van der Waals surface area contributed by atoms with E-state index in [0.717, 1.165) is 30.9 Å². The molecule has 4 rings (SSSR count). The first-order chi connectivity index (χ1) is 16.3. The lowest BCUT2D eigenvalue weighted by molar-refractivity contribution is -0.121. The van der Waals surface area contributed by atoms with Gasteiger partial charge in [-0.15, -0.1) is 0 Å². The Hall–Kier alpha value is -2.91. The molecule has 1 fully saturated rings. The summed E-state index contributed by atoms with van der Waals surface area (Å²) in [6, 6.07) is 15.4. The molecule has 1 aliphatic heterocycles. The number of amides is 1. The molecule has 1 N–H and O–H groups in total. The number of hydrogen-bond donors (Lipinski definition) is 1. The predicted octanol–water partition coefficient (Wildman–Crippen LogP) is 2.88. The number of aryl methyl sites for hydroxylation is 2. The van der Waals surface area contributed by atoms with E-state index in [4.69, 9.17) is 0 Å². The lowest BCUT2D eigenvalue weighted by atomic mass is 10.1. The number of rotatable bonds is 9. The Kier molecular flexibility index (Phi) is 7.23. The van der Waals surface area contributed by atoms with Gasteiger partial charge >= 0.3 is 0 Å². The second-order valence-corrected chi connectivity index (χ2v) is 11.1. The summed E-state index contributed by atoms with van der Waals surface area (Å²) in [5.74, 6) is 1.26. The third-order valence-corrected chi connectivity index (χ3v) is 8.28. The predicted molar refractivity (Wildman–Crippen MR) is 134 cm³/mol. The van der Waals surface area contributed by atoms with E-state index < -0.39 is 10.0 Å². The molecule has 1 atom stereocenters. The van der Waals surface area contributed by atoms with Crippen LogP contribution in [-0.4, -0.2) is 61.9 Å². The Balaban J connectivity index is 1.35. The van der Waals surface area contributed by atoms with Crippen LogP contribution in [0.3, 0.4) is 0 Å². The van der Waals surface area contributed by atoms with Crippen LogP contribution in [0.15, 0.2) is 53.4 Å². The van der Waals surface area contributed by atoms with E-state index in [1.54, 1.807) is 18.2 Å². The molecule has 9 heteroatoms. The fourth-order valence-electron chi connectivity index (χ4n) is 4.52. The molecule has 2 heterocycles. The highest BCUT2D eigenvalue weighted by Crippen LogP contribution is 2.24. The molecular formula is C25H33N5O3S. The zero-order valence-electron chi connectivity index (χ0n) is 20.1. The van der Waals surface area contributed by atoms with Crippen molar-refractivity contribution in [2.24, 2.45) is 5.92 Å². The van der Waals surface area contributed by atoms with Crippen LogP contribution in [0.25, 0.3) is 11.0 Å². The Morgan fingerprint density at radius 2 is 1.94 bits per heavy atom. The van der Waals surface area contributed by atoms with Gasteiger partial charge in [-0.3, -0.25) is 4.79 Å². The third kappa shape index (κ3) is 5.10. The Bertz CT molecular complexity index is 1250. The highest BCUT2D eigenvalue weighted by atomic mass is 32.2. The fraction of sp³-hybridized carbons (Fsp3) is 0.440. The van der Waals surface area contributed by atoms with Crippen molar-refractivity contribution in [3.63, 3.8) is 0 Å². The smallest absolute Gasteiger partial charge is 0.242 e. The second kappa shape index (κ2) is 10.1. The maximum atomic E-state index is 12.6. The maximum Gasteiger partial charge on any atom is 0.242 e. The number of anilines is 1. The maximum absolute atomic E-state index is 12.6. The number of sulfonamides is 1. The fourth-order valence-corrected chi connectivity index (χ4v) is 5.44. The molecule has 0 bridgehead atoms. The number of benzene rings is 2. The van der Waals surface area contributed by atoms with E-state index in [2.05, 4.69) is 39.5 Å². The van der Waals surface area contributed by atoms with Gasteiger partial charge in [-0.25, -0.2) is 17.7 Å². The number of imidazole rings is 1. The van der Waals surface area contributed by atoms with Crippen molar-refractivity contribution in [2.45, 2.75) is 37.6 Å².